The molecule has 0 atom stereocenters. The second-order valence-electron chi connectivity index (χ2n) is 9.00. The van der Waals surface area contributed by atoms with Crippen molar-refractivity contribution in [3.05, 3.63) is 60.4 Å². The summed E-state index contributed by atoms with van der Waals surface area (Å²) < 4.78 is 18.4. The van der Waals surface area contributed by atoms with Gasteiger partial charge in [0, 0.05) is 43.1 Å². The van der Waals surface area contributed by atoms with Crippen molar-refractivity contribution >= 4 is 29.1 Å². The standard InChI is InChI=1S/C27H33N9O3/c1-19-29-24(31-20-7-4-3-5-8-20)18-25(30-19)36-26(28)33-27(34-36)32-21-9-10-22(23(17-21)37-2)39-14-6-11-35-12-15-38-16-13-35/h3-5,7-10,17-18H,6,11-16H2,1-2H3,(H,29,30,31)(H3,28,32,33,34). The number of morpholine rings is 1. The van der Waals surface area contributed by atoms with E-state index in [-0.39, 0.29) is 5.95 Å². The molecule has 0 saturated carbocycles. The van der Waals surface area contributed by atoms with E-state index in [1.54, 1.807) is 13.2 Å². The van der Waals surface area contributed by atoms with Crippen LogP contribution in [0.25, 0.3) is 5.82 Å². The van der Waals surface area contributed by atoms with Crippen molar-refractivity contribution in [3.63, 3.8) is 0 Å². The van der Waals surface area contributed by atoms with E-state index in [9.17, 15) is 0 Å². The predicted octanol–water partition coefficient (Wildman–Crippen LogP) is 3.54. The lowest BCUT2D eigenvalue weighted by Gasteiger charge is -2.26. The second-order valence-corrected chi connectivity index (χ2v) is 9.00. The number of hydrogen-bond acceptors (Lipinski definition) is 11. The van der Waals surface area contributed by atoms with Gasteiger partial charge in [-0.25, -0.2) is 9.97 Å². The lowest BCUT2D eigenvalue weighted by atomic mass is 10.2. The van der Waals surface area contributed by atoms with Crippen molar-refractivity contribution in [1.29, 1.82) is 0 Å². The highest BCUT2D eigenvalue weighted by molar-refractivity contribution is 5.61. The van der Waals surface area contributed by atoms with Gasteiger partial charge in [-0.05, 0) is 37.6 Å². The molecule has 2 aromatic heterocycles. The predicted molar refractivity (Wildman–Crippen MR) is 149 cm³/mol. The number of nitrogen functional groups attached to an aromatic ring is 1. The molecule has 0 amide bonds. The molecule has 0 spiro atoms. The van der Waals surface area contributed by atoms with Gasteiger partial charge in [0.2, 0.25) is 11.9 Å². The van der Waals surface area contributed by atoms with Crippen LogP contribution in [0.4, 0.5) is 29.1 Å². The van der Waals surface area contributed by atoms with Crippen molar-refractivity contribution in [2.24, 2.45) is 0 Å². The van der Waals surface area contributed by atoms with Crippen LogP contribution in [-0.2, 0) is 4.74 Å². The molecular weight excluding hydrogens is 498 g/mol. The Kier molecular flexibility index (Phi) is 8.34. The van der Waals surface area contributed by atoms with Gasteiger partial charge in [-0.2, -0.15) is 9.67 Å². The van der Waals surface area contributed by atoms with Gasteiger partial charge in [0.05, 0.1) is 26.9 Å². The number of rotatable bonds is 11. The van der Waals surface area contributed by atoms with E-state index in [2.05, 4.69) is 35.6 Å². The molecule has 4 N–H and O–H groups in total. The van der Waals surface area contributed by atoms with Crippen molar-refractivity contribution in [2.45, 2.75) is 13.3 Å². The fourth-order valence-corrected chi connectivity index (χ4v) is 4.23. The van der Waals surface area contributed by atoms with Gasteiger partial charge >= 0.3 is 0 Å². The first-order chi connectivity index (χ1) is 19.1. The zero-order valence-corrected chi connectivity index (χ0v) is 22.1. The van der Waals surface area contributed by atoms with Gasteiger partial charge < -0.3 is 30.6 Å². The highest BCUT2D eigenvalue weighted by atomic mass is 16.5. The zero-order chi connectivity index (χ0) is 27.0. The van der Waals surface area contributed by atoms with E-state index < -0.39 is 0 Å². The van der Waals surface area contributed by atoms with Gasteiger partial charge in [-0.3, -0.25) is 4.90 Å². The number of nitrogens with one attached hydrogen (secondary N) is 2. The van der Waals surface area contributed by atoms with E-state index in [1.807, 2.05) is 55.5 Å². The van der Waals surface area contributed by atoms with Gasteiger partial charge in [0.15, 0.2) is 17.3 Å². The summed E-state index contributed by atoms with van der Waals surface area (Å²) in [6, 6.07) is 17.1. The van der Waals surface area contributed by atoms with E-state index in [4.69, 9.17) is 19.9 Å². The molecule has 3 heterocycles. The number of anilines is 5. The minimum absolute atomic E-state index is 0.188. The number of ether oxygens (including phenoxy) is 3. The molecule has 12 heteroatoms. The molecule has 0 bridgehead atoms. The third-order valence-corrected chi connectivity index (χ3v) is 6.12. The molecule has 39 heavy (non-hydrogen) atoms. The van der Waals surface area contributed by atoms with Gasteiger partial charge in [-0.1, -0.05) is 18.2 Å². The monoisotopic (exact) mass is 531 g/mol. The highest BCUT2D eigenvalue weighted by Gasteiger charge is 2.14. The minimum Gasteiger partial charge on any atom is -0.493 e. The molecule has 0 aliphatic carbocycles. The molecule has 204 valence electrons. The van der Waals surface area contributed by atoms with Crippen LogP contribution < -0.4 is 25.8 Å². The Balaban J connectivity index is 1.24. The van der Waals surface area contributed by atoms with E-state index >= 15 is 0 Å². The Morgan fingerprint density at radius 3 is 2.56 bits per heavy atom. The Labute approximate surface area is 227 Å². The topological polar surface area (TPSA) is 138 Å². The first-order valence-corrected chi connectivity index (χ1v) is 12.9. The summed E-state index contributed by atoms with van der Waals surface area (Å²) >= 11 is 0. The summed E-state index contributed by atoms with van der Waals surface area (Å²) in [5.41, 5.74) is 7.84. The summed E-state index contributed by atoms with van der Waals surface area (Å²) in [6.07, 6.45) is 0.925. The van der Waals surface area contributed by atoms with Crippen molar-refractivity contribution in [3.8, 4) is 17.3 Å². The van der Waals surface area contributed by atoms with Crippen LogP contribution >= 0.6 is 0 Å². The maximum atomic E-state index is 6.20. The van der Waals surface area contributed by atoms with Crippen molar-refractivity contribution in [1.82, 2.24) is 29.6 Å². The number of hydrogen-bond donors (Lipinski definition) is 3. The average molecular weight is 532 g/mol. The second kappa shape index (κ2) is 12.4. The highest BCUT2D eigenvalue weighted by Crippen LogP contribution is 2.31. The first-order valence-electron chi connectivity index (χ1n) is 12.9. The summed E-state index contributed by atoms with van der Waals surface area (Å²) in [5.74, 6) is 3.49. The van der Waals surface area contributed by atoms with Crippen LogP contribution in [0.15, 0.2) is 54.6 Å². The molecular formula is C27H33N9O3. The largest absolute Gasteiger partial charge is 0.493 e. The molecule has 1 aliphatic heterocycles. The molecule has 12 nitrogen and oxygen atoms in total. The third kappa shape index (κ3) is 6.92. The SMILES string of the molecule is COc1cc(Nc2nc(N)n(-c3cc(Nc4ccccc4)nc(C)n3)n2)ccc1OCCCN1CCOCC1. The van der Waals surface area contributed by atoms with Crippen LogP contribution in [0.2, 0.25) is 0 Å². The minimum atomic E-state index is 0.188. The smallest absolute Gasteiger partial charge is 0.248 e. The fraction of sp³-hybridized carbons (Fsp3) is 0.333. The summed E-state index contributed by atoms with van der Waals surface area (Å²) in [5, 5.41) is 11.0. The van der Waals surface area contributed by atoms with Gasteiger partial charge in [0.1, 0.15) is 11.6 Å². The lowest BCUT2D eigenvalue weighted by Crippen LogP contribution is -2.37. The van der Waals surface area contributed by atoms with Crippen LogP contribution in [0.1, 0.15) is 12.2 Å². The van der Waals surface area contributed by atoms with Gasteiger partial charge in [-0.15, -0.1) is 5.10 Å². The maximum absolute atomic E-state index is 6.20. The van der Waals surface area contributed by atoms with Gasteiger partial charge in [0.25, 0.3) is 0 Å². The quantitative estimate of drug-likeness (QED) is 0.245. The number of aromatic nitrogens is 5. The molecule has 1 fully saturated rings. The fourth-order valence-electron chi connectivity index (χ4n) is 4.23. The number of nitrogens with zero attached hydrogens (tertiary/aromatic N) is 6. The molecule has 4 aromatic rings. The van der Waals surface area contributed by atoms with E-state index in [0.717, 1.165) is 50.6 Å². The van der Waals surface area contributed by atoms with Crippen LogP contribution in [0.3, 0.4) is 0 Å². The Hall–Kier alpha value is -4.42. The number of nitrogens with two attached hydrogens (primary N) is 1. The number of benzene rings is 2. The summed E-state index contributed by atoms with van der Waals surface area (Å²) in [6.45, 7) is 6.94. The Morgan fingerprint density at radius 1 is 0.949 bits per heavy atom. The van der Waals surface area contributed by atoms with Crippen LogP contribution in [0, 0.1) is 6.92 Å². The molecule has 5 rings (SSSR count). The normalized spacial score (nSPS) is 13.7. The summed E-state index contributed by atoms with van der Waals surface area (Å²) in [7, 11) is 1.61. The average Bonchev–Trinajstić information content (AvgIpc) is 3.32. The van der Waals surface area contributed by atoms with Crippen LogP contribution in [-0.4, -0.2) is 76.2 Å². The molecule has 1 aliphatic rings. The van der Waals surface area contributed by atoms with Crippen molar-refractivity contribution in [2.75, 3.05) is 62.9 Å². The molecule has 1 saturated heterocycles. The Bertz CT molecular complexity index is 1370. The van der Waals surface area contributed by atoms with Crippen LogP contribution in [0.5, 0.6) is 11.5 Å². The lowest BCUT2D eigenvalue weighted by molar-refractivity contribution is 0.0357. The van der Waals surface area contributed by atoms with E-state index in [0.29, 0.717) is 41.5 Å². The number of para-hydroxylation sites is 1. The number of aryl methyl sites for hydroxylation is 1. The molecule has 0 radical (unpaired) electrons. The molecule has 0 unspecified atom stereocenters. The maximum Gasteiger partial charge on any atom is 0.248 e. The zero-order valence-electron chi connectivity index (χ0n) is 22.1. The first kappa shape index (κ1) is 26.2. The van der Waals surface area contributed by atoms with E-state index in [1.165, 1.54) is 4.68 Å². The molecule has 2 aromatic carbocycles. The third-order valence-electron chi connectivity index (χ3n) is 6.12. The summed E-state index contributed by atoms with van der Waals surface area (Å²) in [4.78, 5) is 15.7. The Morgan fingerprint density at radius 2 is 1.77 bits per heavy atom. The van der Waals surface area contributed by atoms with Crippen molar-refractivity contribution < 1.29 is 14.2 Å². The number of methoxy groups -OCH3 is 1.